The van der Waals surface area contributed by atoms with E-state index in [9.17, 15) is 9.18 Å². The molecule has 110 valence electrons. The van der Waals surface area contributed by atoms with Gasteiger partial charge in [0, 0.05) is 32.1 Å². The second kappa shape index (κ2) is 5.27. The molecule has 0 aromatic rings. The predicted octanol–water partition coefficient (Wildman–Crippen LogP) is 2.19. The summed E-state index contributed by atoms with van der Waals surface area (Å²) in [5.74, 6) is 0.105. The molecule has 1 unspecified atom stereocenters. The Labute approximate surface area is 114 Å². The van der Waals surface area contributed by atoms with E-state index in [4.69, 9.17) is 4.74 Å². The Kier molecular flexibility index (Phi) is 4.04. The molecule has 0 aromatic heterocycles. The molecule has 2 saturated heterocycles. The van der Waals surface area contributed by atoms with Gasteiger partial charge in [-0.15, -0.1) is 0 Å². The number of carbonyl (C=O) groups excluding carboxylic acids is 1. The Morgan fingerprint density at radius 2 is 2.05 bits per heavy atom. The van der Waals surface area contributed by atoms with Crippen molar-refractivity contribution in [3.8, 4) is 0 Å². The fraction of sp³-hybridized carbons (Fsp3) is 0.929. The molecule has 0 aliphatic carbocycles. The maximum atomic E-state index is 13.1. The number of ether oxygens (including phenoxy) is 1. The number of likely N-dealkylation sites (tertiary alicyclic amines) is 1. The number of halogens is 1. The Balaban J connectivity index is 1.90. The van der Waals surface area contributed by atoms with Gasteiger partial charge in [-0.3, -0.25) is 4.39 Å². The molecule has 19 heavy (non-hydrogen) atoms. The highest BCUT2D eigenvalue weighted by atomic mass is 19.1. The maximum Gasteiger partial charge on any atom is 0.410 e. The van der Waals surface area contributed by atoms with E-state index in [0.717, 1.165) is 25.9 Å². The molecule has 0 radical (unpaired) electrons. The van der Waals surface area contributed by atoms with Crippen molar-refractivity contribution < 1.29 is 13.9 Å². The minimum absolute atomic E-state index is 0.0489. The number of nitrogens with zero attached hydrogens (tertiary/aromatic N) is 1. The van der Waals surface area contributed by atoms with Crippen molar-refractivity contribution in [2.45, 2.75) is 39.2 Å². The fourth-order valence-corrected chi connectivity index (χ4v) is 3.12. The first-order valence-corrected chi connectivity index (χ1v) is 7.11. The SMILES string of the molecule is CC(C)(C)OC(=O)N1CCC2(CC1)CNCC2CF. The van der Waals surface area contributed by atoms with E-state index in [1.807, 2.05) is 20.8 Å². The summed E-state index contributed by atoms with van der Waals surface area (Å²) >= 11 is 0. The summed E-state index contributed by atoms with van der Waals surface area (Å²) in [7, 11) is 0. The van der Waals surface area contributed by atoms with Gasteiger partial charge in [-0.2, -0.15) is 0 Å². The first-order chi connectivity index (χ1) is 8.86. The number of hydrogen-bond donors (Lipinski definition) is 1. The molecule has 2 fully saturated rings. The summed E-state index contributed by atoms with van der Waals surface area (Å²) in [6.45, 7) is 8.34. The first kappa shape index (κ1) is 14.6. The van der Waals surface area contributed by atoms with E-state index in [1.54, 1.807) is 4.90 Å². The molecule has 0 bridgehead atoms. The van der Waals surface area contributed by atoms with Crippen molar-refractivity contribution in [2.24, 2.45) is 11.3 Å². The highest BCUT2D eigenvalue weighted by Gasteiger charge is 2.45. The molecule has 1 amide bonds. The third kappa shape index (κ3) is 3.19. The van der Waals surface area contributed by atoms with E-state index < -0.39 is 5.60 Å². The van der Waals surface area contributed by atoms with E-state index in [-0.39, 0.29) is 24.1 Å². The van der Waals surface area contributed by atoms with Crippen molar-refractivity contribution in [3.63, 3.8) is 0 Å². The second-order valence-electron chi connectivity index (χ2n) is 6.81. The lowest BCUT2D eigenvalue weighted by Crippen LogP contribution is -2.48. The van der Waals surface area contributed by atoms with Gasteiger partial charge < -0.3 is 15.0 Å². The van der Waals surface area contributed by atoms with Crippen molar-refractivity contribution >= 4 is 6.09 Å². The molecule has 0 saturated carbocycles. The van der Waals surface area contributed by atoms with Crippen LogP contribution in [0.5, 0.6) is 0 Å². The fourth-order valence-electron chi connectivity index (χ4n) is 3.12. The number of rotatable bonds is 1. The van der Waals surface area contributed by atoms with Crippen LogP contribution in [-0.2, 0) is 4.74 Å². The van der Waals surface area contributed by atoms with Crippen LogP contribution in [0.3, 0.4) is 0 Å². The zero-order valence-electron chi connectivity index (χ0n) is 12.2. The van der Waals surface area contributed by atoms with Crippen LogP contribution in [0.15, 0.2) is 0 Å². The Morgan fingerprint density at radius 1 is 1.42 bits per heavy atom. The molecule has 2 heterocycles. The molecule has 1 N–H and O–H groups in total. The van der Waals surface area contributed by atoms with Crippen molar-refractivity contribution in [1.29, 1.82) is 0 Å². The zero-order valence-corrected chi connectivity index (χ0v) is 12.2. The topological polar surface area (TPSA) is 41.6 Å². The average Bonchev–Trinajstić information content (AvgIpc) is 2.70. The van der Waals surface area contributed by atoms with Crippen LogP contribution in [0.2, 0.25) is 0 Å². The zero-order chi connectivity index (χ0) is 14.1. The number of amides is 1. The van der Waals surface area contributed by atoms with Gasteiger partial charge in [0.05, 0.1) is 6.67 Å². The van der Waals surface area contributed by atoms with Crippen LogP contribution < -0.4 is 5.32 Å². The molecule has 4 nitrogen and oxygen atoms in total. The minimum atomic E-state index is -0.456. The lowest BCUT2D eigenvalue weighted by molar-refractivity contribution is 0.00534. The number of alkyl halides is 1. The van der Waals surface area contributed by atoms with Crippen LogP contribution in [0, 0.1) is 11.3 Å². The van der Waals surface area contributed by atoms with Gasteiger partial charge in [-0.05, 0) is 39.0 Å². The molecular formula is C14H25FN2O2. The van der Waals surface area contributed by atoms with Crippen LogP contribution in [0.1, 0.15) is 33.6 Å². The Morgan fingerprint density at radius 3 is 2.58 bits per heavy atom. The highest BCUT2D eigenvalue weighted by molar-refractivity contribution is 5.68. The van der Waals surface area contributed by atoms with E-state index >= 15 is 0 Å². The van der Waals surface area contributed by atoms with Crippen LogP contribution in [0.25, 0.3) is 0 Å². The third-order valence-electron chi connectivity index (χ3n) is 4.33. The molecule has 1 atom stereocenters. The van der Waals surface area contributed by atoms with E-state index in [2.05, 4.69) is 5.32 Å². The maximum absolute atomic E-state index is 13.1. The van der Waals surface area contributed by atoms with Gasteiger partial charge >= 0.3 is 6.09 Å². The molecule has 1 spiro atoms. The molecule has 0 aromatic carbocycles. The number of carbonyl (C=O) groups is 1. The summed E-state index contributed by atoms with van der Waals surface area (Å²) < 4.78 is 18.4. The Bertz CT molecular complexity index is 333. The number of hydrogen-bond acceptors (Lipinski definition) is 3. The normalized spacial score (nSPS) is 26.7. The largest absolute Gasteiger partial charge is 0.444 e. The van der Waals surface area contributed by atoms with Gasteiger partial charge in [0.15, 0.2) is 0 Å². The summed E-state index contributed by atoms with van der Waals surface area (Å²) in [5.41, 5.74) is -0.407. The molecule has 2 aliphatic rings. The smallest absolute Gasteiger partial charge is 0.410 e. The molecule has 2 aliphatic heterocycles. The van der Waals surface area contributed by atoms with Crippen LogP contribution in [-0.4, -0.2) is 49.4 Å². The minimum Gasteiger partial charge on any atom is -0.444 e. The second-order valence-corrected chi connectivity index (χ2v) is 6.81. The lowest BCUT2D eigenvalue weighted by Gasteiger charge is -2.42. The van der Waals surface area contributed by atoms with Gasteiger partial charge in [0.25, 0.3) is 0 Å². The standard InChI is InChI=1S/C14H25FN2O2/c1-13(2,3)19-12(18)17-6-4-14(5-7-17)10-16-9-11(14)8-15/h11,16H,4-10H2,1-3H3. The summed E-state index contributed by atoms with van der Waals surface area (Å²) in [6, 6.07) is 0. The molecule has 5 heteroatoms. The van der Waals surface area contributed by atoms with Gasteiger partial charge in [0.1, 0.15) is 5.60 Å². The monoisotopic (exact) mass is 272 g/mol. The van der Waals surface area contributed by atoms with Gasteiger partial charge in [-0.1, -0.05) is 0 Å². The lowest BCUT2D eigenvalue weighted by atomic mass is 9.71. The molecular weight excluding hydrogens is 247 g/mol. The predicted molar refractivity (Wildman–Crippen MR) is 71.8 cm³/mol. The quantitative estimate of drug-likeness (QED) is 0.795. The van der Waals surface area contributed by atoms with E-state index in [0.29, 0.717) is 13.1 Å². The summed E-state index contributed by atoms with van der Waals surface area (Å²) in [5, 5.41) is 3.29. The van der Waals surface area contributed by atoms with Crippen LogP contribution >= 0.6 is 0 Å². The first-order valence-electron chi connectivity index (χ1n) is 7.11. The summed E-state index contributed by atoms with van der Waals surface area (Å²) in [6.07, 6.45) is 1.49. The van der Waals surface area contributed by atoms with E-state index in [1.165, 1.54) is 0 Å². The van der Waals surface area contributed by atoms with Crippen molar-refractivity contribution in [1.82, 2.24) is 10.2 Å². The number of nitrogens with one attached hydrogen (secondary N) is 1. The molecule has 2 rings (SSSR count). The van der Waals surface area contributed by atoms with Gasteiger partial charge in [0.2, 0.25) is 0 Å². The third-order valence-corrected chi connectivity index (χ3v) is 4.33. The average molecular weight is 272 g/mol. The Hall–Kier alpha value is -0.840. The highest BCUT2D eigenvalue weighted by Crippen LogP contribution is 2.41. The summed E-state index contributed by atoms with van der Waals surface area (Å²) in [4.78, 5) is 13.7. The number of piperidine rings is 1. The van der Waals surface area contributed by atoms with Gasteiger partial charge in [-0.25, -0.2) is 4.79 Å². The van der Waals surface area contributed by atoms with Crippen molar-refractivity contribution in [2.75, 3.05) is 32.9 Å². The van der Waals surface area contributed by atoms with Crippen molar-refractivity contribution in [3.05, 3.63) is 0 Å². The van der Waals surface area contributed by atoms with Crippen LogP contribution in [0.4, 0.5) is 9.18 Å².